The molecule has 0 heterocycles. The van der Waals surface area contributed by atoms with Crippen LogP contribution in [0.2, 0.25) is 0 Å². The summed E-state index contributed by atoms with van der Waals surface area (Å²) in [5, 5.41) is 6.25. The van der Waals surface area contributed by atoms with Crippen LogP contribution in [0.4, 0.5) is 5.69 Å². The van der Waals surface area contributed by atoms with Gasteiger partial charge in [0.15, 0.2) is 0 Å². The Hall–Kier alpha value is -1.51. The molecule has 2 rings (SSSR count). The van der Waals surface area contributed by atoms with E-state index in [4.69, 9.17) is 0 Å². The zero-order valence-electron chi connectivity index (χ0n) is 11.4. The molecule has 0 aromatic heterocycles. The molecule has 2 atom stereocenters. The highest BCUT2D eigenvalue weighted by Gasteiger charge is 2.25. The average molecular weight is 246 g/mol. The fraction of sp³-hybridized carbons (Fsp3) is 0.533. The Morgan fingerprint density at radius 2 is 2.11 bits per heavy atom. The monoisotopic (exact) mass is 246 g/mol. The van der Waals surface area contributed by atoms with Crippen LogP contribution < -0.4 is 10.6 Å². The molecule has 18 heavy (non-hydrogen) atoms. The second kappa shape index (κ2) is 5.42. The minimum Gasteiger partial charge on any atom is -0.387 e. The average Bonchev–Trinajstić information content (AvgIpc) is 2.74. The minimum absolute atomic E-state index is 0.0399. The van der Waals surface area contributed by atoms with Crippen molar-refractivity contribution in [3.8, 4) is 0 Å². The van der Waals surface area contributed by atoms with Crippen molar-refractivity contribution in [1.82, 2.24) is 5.32 Å². The molecule has 1 aliphatic rings. The molecule has 2 unspecified atom stereocenters. The molecular weight excluding hydrogens is 224 g/mol. The SMILES string of the molecule is CNc1cc(C)ccc1C(=O)NC1CCCC1C. The van der Waals surface area contributed by atoms with Gasteiger partial charge < -0.3 is 10.6 Å². The van der Waals surface area contributed by atoms with E-state index < -0.39 is 0 Å². The maximum absolute atomic E-state index is 12.3. The van der Waals surface area contributed by atoms with Crippen molar-refractivity contribution in [3.63, 3.8) is 0 Å². The van der Waals surface area contributed by atoms with Crippen LogP contribution in [-0.4, -0.2) is 19.0 Å². The number of anilines is 1. The molecule has 1 amide bonds. The van der Waals surface area contributed by atoms with Crippen molar-refractivity contribution in [2.75, 3.05) is 12.4 Å². The molecule has 1 aromatic carbocycles. The lowest BCUT2D eigenvalue weighted by molar-refractivity contribution is 0.0930. The standard InChI is InChI=1S/C15H22N2O/c1-10-7-8-12(14(9-10)16-3)15(18)17-13-6-4-5-11(13)2/h7-9,11,13,16H,4-6H2,1-3H3,(H,17,18). The summed E-state index contributed by atoms with van der Waals surface area (Å²) in [6.45, 7) is 4.24. The lowest BCUT2D eigenvalue weighted by atomic mass is 10.0. The van der Waals surface area contributed by atoms with E-state index in [2.05, 4.69) is 17.6 Å². The van der Waals surface area contributed by atoms with Crippen LogP contribution >= 0.6 is 0 Å². The molecule has 0 aliphatic heterocycles. The van der Waals surface area contributed by atoms with Gasteiger partial charge in [0.1, 0.15) is 0 Å². The van der Waals surface area contributed by atoms with Gasteiger partial charge in [0.25, 0.3) is 5.91 Å². The fourth-order valence-electron chi connectivity index (χ4n) is 2.67. The molecule has 0 bridgehead atoms. The van der Waals surface area contributed by atoms with Crippen molar-refractivity contribution in [3.05, 3.63) is 29.3 Å². The van der Waals surface area contributed by atoms with Crippen LogP contribution in [0.15, 0.2) is 18.2 Å². The van der Waals surface area contributed by atoms with Crippen molar-refractivity contribution >= 4 is 11.6 Å². The summed E-state index contributed by atoms with van der Waals surface area (Å²) in [6, 6.07) is 6.22. The van der Waals surface area contributed by atoms with Gasteiger partial charge in [-0.2, -0.15) is 0 Å². The van der Waals surface area contributed by atoms with E-state index in [0.717, 1.165) is 23.2 Å². The molecule has 0 saturated heterocycles. The number of carbonyl (C=O) groups excluding carboxylic acids is 1. The van der Waals surface area contributed by atoms with Crippen molar-refractivity contribution in [2.45, 2.75) is 39.2 Å². The fourth-order valence-corrected chi connectivity index (χ4v) is 2.67. The number of rotatable bonds is 3. The van der Waals surface area contributed by atoms with Crippen LogP contribution in [0.5, 0.6) is 0 Å². The molecule has 1 saturated carbocycles. The van der Waals surface area contributed by atoms with Gasteiger partial charge in [0.2, 0.25) is 0 Å². The van der Waals surface area contributed by atoms with E-state index in [1.165, 1.54) is 12.8 Å². The predicted molar refractivity (Wildman–Crippen MR) is 75.0 cm³/mol. The zero-order chi connectivity index (χ0) is 13.1. The third-order valence-corrected chi connectivity index (χ3v) is 3.87. The Kier molecular flexibility index (Phi) is 3.90. The van der Waals surface area contributed by atoms with Crippen LogP contribution in [0.3, 0.4) is 0 Å². The Morgan fingerprint density at radius 1 is 1.33 bits per heavy atom. The van der Waals surface area contributed by atoms with E-state index >= 15 is 0 Å². The third kappa shape index (κ3) is 2.66. The second-order valence-electron chi connectivity index (χ2n) is 5.29. The number of hydrogen-bond donors (Lipinski definition) is 2. The molecule has 1 aromatic rings. The zero-order valence-corrected chi connectivity index (χ0v) is 11.4. The normalized spacial score (nSPS) is 22.8. The lowest BCUT2D eigenvalue weighted by Crippen LogP contribution is -2.36. The largest absolute Gasteiger partial charge is 0.387 e. The maximum Gasteiger partial charge on any atom is 0.253 e. The van der Waals surface area contributed by atoms with Gasteiger partial charge in [-0.05, 0) is 43.4 Å². The van der Waals surface area contributed by atoms with Crippen LogP contribution in [0.1, 0.15) is 42.1 Å². The molecular formula is C15H22N2O. The van der Waals surface area contributed by atoms with E-state index in [-0.39, 0.29) is 5.91 Å². The number of benzene rings is 1. The summed E-state index contributed by atoms with van der Waals surface area (Å²) >= 11 is 0. The van der Waals surface area contributed by atoms with Gasteiger partial charge in [-0.1, -0.05) is 19.4 Å². The Balaban J connectivity index is 2.13. The number of amides is 1. The molecule has 0 radical (unpaired) electrons. The Labute approximate surface area is 109 Å². The first kappa shape index (κ1) is 12.9. The summed E-state index contributed by atoms with van der Waals surface area (Å²) in [5.41, 5.74) is 2.80. The third-order valence-electron chi connectivity index (χ3n) is 3.87. The van der Waals surface area contributed by atoms with Crippen LogP contribution in [0.25, 0.3) is 0 Å². The topological polar surface area (TPSA) is 41.1 Å². The van der Waals surface area contributed by atoms with Crippen LogP contribution in [-0.2, 0) is 0 Å². The molecule has 2 N–H and O–H groups in total. The summed E-state index contributed by atoms with van der Waals surface area (Å²) in [4.78, 5) is 12.3. The summed E-state index contributed by atoms with van der Waals surface area (Å²) in [6.07, 6.45) is 3.55. The number of nitrogens with one attached hydrogen (secondary N) is 2. The van der Waals surface area contributed by atoms with E-state index in [1.54, 1.807) is 0 Å². The summed E-state index contributed by atoms with van der Waals surface area (Å²) < 4.78 is 0. The lowest BCUT2D eigenvalue weighted by Gasteiger charge is -2.18. The highest BCUT2D eigenvalue weighted by molar-refractivity contribution is 5.99. The van der Waals surface area contributed by atoms with Gasteiger partial charge >= 0.3 is 0 Å². The Morgan fingerprint density at radius 3 is 2.72 bits per heavy atom. The summed E-state index contributed by atoms with van der Waals surface area (Å²) in [7, 11) is 1.85. The van der Waals surface area contributed by atoms with Crippen molar-refractivity contribution < 1.29 is 4.79 Å². The first-order chi connectivity index (χ1) is 8.61. The predicted octanol–water partition coefficient (Wildman–Crippen LogP) is 2.96. The van der Waals surface area contributed by atoms with E-state index in [9.17, 15) is 4.79 Å². The molecule has 3 nitrogen and oxygen atoms in total. The van der Waals surface area contributed by atoms with Crippen LogP contribution in [0, 0.1) is 12.8 Å². The van der Waals surface area contributed by atoms with Crippen molar-refractivity contribution in [1.29, 1.82) is 0 Å². The highest BCUT2D eigenvalue weighted by atomic mass is 16.1. The van der Waals surface area contributed by atoms with Gasteiger partial charge in [0.05, 0.1) is 5.56 Å². The van der Waals surface area contributed by atoms with E-state index in [0.29, 0.717) is 12.0 Å². The van der Waals surface area contributed by atoms with Gasteiger partial charge in [-0.25, -0.2) is 0 Å². The first-order valence-corrected chi connectivity index (χ1v) is 6.71. The number of carbonyl (C=O) groups is 1. The van der Waals surface area contributed by atoms with Gasteiger partial charge in [-0.15, -0.1) is 0 Å². The second-order valence-corrected chi connectivity index (χ2v) is 5.29. The van der Waals surface area contributed by atoms with Gasteiger partial charge in [-0.3, -0.25) is 4.79 Å². The van der Waals surface area contributed by atoms with E-state index in [1.807, 2.05) is 32.2 Å². The minimum atomic E-state index is 0.0399. The first-order valence-electron chi connectivity index (χ1n) is 6.71. The van der Waals surface area contributed by atoms with Gasteiger partial charge in [0, 0.05) is 18.8 Å². The molecule has 3 heteroatoms. The highest BCUT2D eigenvalue weighted by Crippen LogP contribution is 2.25. The molecule has 1 aliphatic carbocycles. The smallest absolute Gasteiger partial charge is 0.253 e. The van der Waals surface area contributed by atoms with Crippen molar-refractivity contribution in [2.24, 2.45) is 5.92 Å². The Bertz CT molecular complexity index is 442. The molecule has 1 fully saturated rings. The maximum atomic E-state index is 12.3. The number of aryl methyl sites for hydroxylation is 1. The number of hydrogen-bond acceptors (Lipinski definition) is 2. The molecule has 98 valence electrons. The summed E-state index contributed by atoms with van der Waals surface area (Å²) in [5.74, 6) is 0.635. The molecule has 0 spiro atoms. The quantitative estimate of drug-likeness (QED) is 0.861.